The molecular formula is C10H11FN4S. The van der Waals surface area contributed by atoms with Gasteiger partial charge in [-0.1, -0.05) is 0 Å². The third-order valence-electron chi connectivity index (χ3n) is 2.37. The molecule has 16 heavy (non-hydrogen) atoms. The minimum absolute atomic E-state index is 0.257. The van der Waals surface area contributed by atoms with Gasteiger partial charge in [0.1, 0.15) is 5.82 Å². The summed E-state index contributed by atoms with van der Waals surface area (Å²) >= 11 is 5.02. The highest BCUT2D eigenvalue weighted by Crippen LogP contribution is 2.20. The van der Waals surface area contributed by atoms with Gasteiger partial charge in [-0.25, -0.2) is 9.49 Å². The smallest absolute Gasteiger partial charge is 0.229 e. The third-order valence-corrected chi connectivity index (χ3v) is 2.74. The highest BCUT2D eigenvalue weighted by atomic mass is 32.1. The number of H-pyrrole nitrogens is 1. The molecule has 0 fully saturated rings. The van der Waals surface area contributed by atoms with E-state index in [1.165, 1.54) is 12.1 Å². The molecule has 0 saturated heterocycles. The van der Waals surface area contributed by atoms with Crippen LogP contribution in [-0.2, 0) is 7.05 Å². The van der Waals surface area contributed by atoms with Crippen molar-refractivity contribution in [3.63, 3.8) is 0 Å². The molecule has 0 bridgehead atoms. The van der Waals surface area contributed by atoms with Crippen LogP contribution in [-0.4, -0.2) is 21.8 Å². The molecule has 0 atom stereocenters. The predicted molar refractivity (Wildman–Crippen MR) is 62.9 cm³/mol. The van der Waals surface area contributed by atoms with Crippen molar-refractivity contribution in [2.24, 2.45) is 7.05 Å². The second kappa shape index (κ2) is 4.05. The highest BCUT2D eigenvalue weighted by molar-refractivity contribution is 7.71. The summed E-state index contributed by atoms with van der Waals surface area (Å²) in [6.07, 6.45) is 0. The van der Waals surface area contributed by atoms with Gasteiger partial charge >= 0.3 is 0 Å². The molecule has 0 amide bonds. The molecule has 0 saturated carbocycles. The van der Waals surface area contributed by atoms with Crippen LogP contribution in [0.1, 0.15) is 0 Å². The van der Waals surface area contributed by atoms with Crippen LogP contribution >= 0.6 is 12.2 Å². The van der Waals surface area contributed by atoms with Gasteiger partial charge in [0, 0.05) is 19.8 Å². The molecule has 0 radical (unpaired) electrons. The molecule has 0 spiro atoms. The van der Waals surface area contributed by atoms with Crippen LogP contribution in [0.25, 0.3) is 0 Å². The fourth-order valence-corrected chi connectivity index (χ4v) is 1.55. The van der Waals surface area contributed by atoms with Crippen molar-refractivity contribution in [3.05, 3.63) is 34.9 Å². The third kappa shape index (κ3) is 1.83. The second-order valence-electron chi connectivity index (χ2n) is 3.42. The van der Waals surface area contributed by atoms with Crippen molar-refractivity contribution < 1.29 is 4.39 Å². The Labute approximate surface area is 97.3 Å². The van der Waals surface area contributed by atoms with E-state index < -0.39 is 0 Å². The minimum atomic E-state index is -0.257. The lowest BCUT2D eigenvalue weighted by Gasteiger charge is -2.17. The summed E-state index contributed by atoms with van der Waals surface area (Å²) in [5, 5.41) is 6.79. The Hall–Kier alpha value is -1.69. The average molecular weight is 238 g/mol. The van der Waals surface area contributed by atoms with Gasteiger partial charge in [0.25, 0.3) is 0 Å². The Morgan fingerprint density at radius 1 is 1.38 bits per heavy atom. The molecule has 84 valence electrons. The first-order valence-corrected chi connectivity index (χ1v) is 5.11. The van der Waals surface area contributed by atoms with Crippen LogP contribution in [0.3, 0.4) is 0 Å². The van der Waals surface area contributed by atoms with Crippen LogP contribution in [0.4, 0.5) is 16.0 Å². The van der Waals surface area contributed by atoms with E-state index in [1.807, 2.05) is 19.0 Å². The molecular weight excluding hydrogens is 227 g/mol. The van der Waals surface area contributed by atoms with E-state index in [4.69, 9.17) is 12.2 Å². The van der Waals surface area contributed by atoms with Crippen molar-refractivity contribution >= 4 is 23.9 Å². The van der Waals surface area contributed by atoms with E-state index in [0.29, 0.717) is 10.7 Å². The highest BCUT2D eigenvalue weighted by Gasteiger charge is 2.09. The minimum Gasteiger partial charge on any atom is -0.314 e. The Morgan fingerprint density at radius 3 is 2.50 bits per heavy atom. The van der Waals surface area contributed by atoms with E-state index in [9.17, 15) is 4.39 Å². The van der Waals surface area contributed by atoms with Crippen molar-refractivity contribution in [2.75, 3.05) is 11.9 Å². The molecule has 6 heteroatoms. The summed E-state index contributed by atoms with van der Waals surface area (Å²) in [5.41, 5.74) is 0.846. The normalized spacial score (nSPS) is 10.4. The van der Waals surface area contributed by atoms with Gasteiger partial charge in [-0.3, -0.25) is 4.57 Å². The topological polar surface area (TPSA) is 36.9 Å². The SMILES string of the molecule is CN(c1ccc(F)cc1)c1n[nH]c(=S)n1C. The van der Waals surface area contributed by atoms with Crippen LogP contribution in [0.15, 0.2) is 24.3 Å². The molecule has 0 unspecified atom stereocenters. The fraction of sp³-hybridized carbons (Fsp3) is 0.200. The zero-order chi connectivity index (χ0) is 11.7. The summed E-state index contributed by atoms with van der Waals surface area (Å²) in [7, 11) is 3.67. The number of hydrogen-bond acceptors (Lipinski definition) is 3. The van der Waals surface area contributed by atoms with E-state index in [1.54, 1.807) is 16.7 Å². The summed E-state index contributed by atoms with van der Waals surface area (Å²) in [6, 6.07) is 6.19. The van der Waals surface area contributed by atoms with E-state index in [0.717, 1.165) is 5.69 Å². The number of nitrogens with zero attached hydrogens (tertiary/aromatic N) is 3. The van der Waals surface area contributed by atoms with E-state index in [-0.39, 0.29) is 5.82 Å². The Balaban J connectivity index is 2.39. The number of halogens is 1. The monoisotopic (exact) mass is 238 g/mol. The number of benzene rings is 1. The predicted octanol–water partition coefficient (Wildman–Crippen LogP) is 2.38. The molecule has 0 aliphatic heterocycles. The van der Waals surface area contributed by atoms with Gasteiger partial charge in [0.05, 0.1) is 0 Å². The van der Waals surface area contributed by atoms with E-state index in [2.05, 4.69) is 10.2 Å². The summed E-state index contributed by atoms with van der Waals surface area (Å²) < 4.78 is 15.1. The first-order valence-electron chi connectivity index (χ1n) is 4.70. The second-order valence-corrected chi connectivity index (χ2v) is 3.81. The summed E-state index contributed by atoms with van der Waals surface area (Å²) in [4.78, 5) is 1.83. The quantitative estimate of drug-likeness (QED) is 0.816. The number of rotatable bonds is 2. The maximum absolute atomic E-state index is 12.8. The van der Waals surface area contributed by atoms with Crippen LogP contribution in [0.2, 0.25) is 0 Å². The molecule has 1 heterocycles. The standard InChI is InChI=1S/C10H11FN4S/c1-14(8-5-3-7(11)4-6-8)9-12-13-10(16)15(9)2/h3-6H,1-2H3,(H,13,16). The van der Waals surface area contributed by atoms with Crippen LogP contribution in [0, 0.1) is 10.6 Å². The van der Waals surface area contributed by atoms with Crippen LogP contribution in [0.5, 0.6) is 0 Å². The average Bonchev–Trinajstić information content (AvgIpc) is 2.60. The van der Waals surface area contributed by atoms with E-state index >= 15 is 0 Å². The molecule has 2 aromatic rings. The van der Waals surface area contributed by atoms with Gasteiger partial charge in [-0.05, 0) is 36.5 Å². The Kier molecular flexibility index (Phi) is 2.74. The Morgan fingerprint density at radius 2 is 2.00 bits per heavy atom. The van der Waals surface area contributed by atoms with Gasteiger partial charge < -0.3 is 4.90 Å². The summed E-state index contributed by atoms with van der Waals surface area (Å²) in [5.74, 6) is 0.420. The van der Waals surface area contributed by atoms with Crippen molar-refractivity contribution in [1.82, 2.24) is 14.8 Å². The number of aromatic nitrogens is 3. The molecule has 1 N–H and O–H groups in total. The van der Waals surface area contributed by atoms with Gasteiger partial charge in [-0.15, -0.1) is 5.10 Å². The summed E-state index contributed by atoms with van der Waals surface area (Å²) in [6.45, 7) is 0. The molecule has 4 nitrogen and oxygen atoms in total. The molecule has 1 aromatic heterocycles. The molecule has 1 aromatic carbocycles. The lowest BCUT2D eigenvalue weighted by Crippen LogP contribution is -2.14. The van der Waals surface area contributed by atoms with Crippen LogP contribution < -0.4 is 4.90 Å². The largest absolute Gasteiger partial charge is 0.314 e. The fourth-order valence-electron chi connectivity index (χ4n) is 1.42. The first-order chi connectivity index (χ1) is 7.59. The van der Waals surface area contributed by atoms with Gasteiger partial charge in [0.15, 0.2) is 4.77 Å². The number of anilines is 2. The maximum atomic E-state index is 12.8. The number of aromatic amines is 1. The maximum Gasteiger partial charge on any atom is 0.229 e. The van der Waals surface area contributed by atoms with Gasteiger partial charge in [-0.2, -0.15) is 0 Å². The number of nitrogens with one attached hydrogen (secondary N) is 1. The van der Waals surface area contributed by atoms with Gasteiger partial charge in [0.2, 0.25) is 5.95 Å². The molecule has 0 aliphatic rings. The zero-order valence-electron chi connectivity index (χ0n) is 8.94. The lowest BCUT2D eigenvalue weighted by molar-refractivity contribution is 0.628. The lowest BCUT2D eigenvalue weighted by atomic mass is 10.3. The number of hydrogen-bond donors (Lipinski definition) is 1. The zero-order valence-corrected chi connectivity index (χ0v) is 9.75. The van der Waals surface area contributed by atoms with Crippen molar-refractivity contribution in [2.45, 2.75) is 0 Å². The Bertz CT molecular complexity index is 543. The van der Waals surface area contributed by atoms with Crippen molar-refractivity contribution in [1.29, 1.82) is 0 Å². The first kappa shape index (κ1) is 10.8. The van der Waals surface area contributed by atoms with Crippen molar-refractivity contribution in [3.8, 4) is 0 Å². The molecule has 2 rings (SSSR count). The molecule has 0 aliphatic carbocycles.